The molecule has 2 aliphatic heterocycles. The van der Waals surface area contributed by atoms with Gasteiger partial charge in [0, 0.05) is 6.54 Å². The number of carbonyl (C=O) groups excluding carboxylic acids is 2. The molecule has 2 rings (SSSR count). The van der Waals surface area contributed by atoms with E-state index in [1.165, 1.54) is 0 Å². The molecule has 9 heteroatoms. The molecule has 2 fully saturated rings. The van der Waals surface area contributed by atoms with Gasteiger partial charge in [-0.1, -0.05) is 0 Å². The third kappa shape index (κ3) is 1.52. The van der Waals surface area contributed by atoms with Gasteiger partial charge in [0.2, 0.25) is 5.91 Å². The second kappa shape index (κ2) is 3.32. The molecule has 0 aromatic carbocycles. The second-order valence-corrected chi connectivity index (χ2v) is 5.15. The quantitative estimate of drug-likeness (QED) is 0.579. The monoisotopic (exact) mass is 249 g/mol. The van der Waals surface area contributed by atoms with E-state index in [9.17, 15) is 18.0 Å². The fraction of sp³-hybridized carbons (Fsp3) is 0.714. The average molecular weight is 249 g/mol. The Morgan fingerprint density at radius 1 is 1.44 bits per heavy atom. The first-order valence-corrected chi connectivity index (χ1v) is 6.09. The Morgan fingerprint density at radius 3 is 2.56 bits per heavy atom. The van der Waals surface area contributed by atoms with E-state index in [2.05, 4.69) is 0 Å². The van der Waals surface area contributed by atoms with Crippen LogP contribution in [0.15, 0.2) is 0 Å². The molecular weight excluding hydrogens is 238 g/mol. The summed E-state index contributed by atoms with van der Waals surface area (Å²) in [6.07, 6.45) is 0.646. The van der Waals surface area contributed by atoms with Crippen LogP contribution >= 0.6 is 0 Å². The van der Waals surface area contributed by atoms with Gasteiger partial charge in [0.1, 0.15) is 6.04 Å². The Balaban J connectivity index is 2.33. The van der Waals surface area contributed by atoms with Crippen LogP contribution < -0.4 is 5.73 Å². The van der Waals surface area contributed by atoms with Crippen molar-refractivity contribution >= 4 is 22.2 Å². The number of hydrogen-bond acceptors (Lipinski definition) is 4. The molecule has 0 spiro atoms. The summed E-state index contributed by atoms with van der Waals surface area (Å²) in [6, 6.07) is -2.26. The minimum Gasteiger partial charge on any atom is -0.368 e. The number of hydrogen-bond donors (Lipinski definition) is 2. The van der Waals surface area contributed by atoms with Gasteiger partial charge in [-0.3, -0.25) is 9.35 Å². The highest BCUT2D eigenvalue weighted by molar-refractivity contribution is 7.84. The smallest absolute Gasteiger partial charge is 0.363 e. The molecule has 2 saturated heterocycles. The van der Waals surface area contributed by atoms with Crippen molar-refractivity contribution in [3.05, 3.63) is 0 Å². The lowest BCUT2D eigenvalue weighted by atomic mass is 10.0. The van der Waals surface area contributed by atoms with Gasteiger partial charge >= 0.3 is 16.3 Å². The van der Waals surface area contributed by atoms with E-state index >= 15 is 0 Å². The Bertz CT molecular complexity index is 447. The molecule has 3 amide bonds. The number of nitrogens with zero attached hydrogens (tertiary/aromatic N) is 2. The molecule has 0 aliphatic carbocycles. The van der Waals surface area contributed by atoms with Gasteiger partial charge in [-0.2, -0.15) is 12.7 Å². The number of rotatable bonds is 2. The van der Waals surface area contributed by atoms with Crippen LogP contribution in [0.1, 0.15) is 12.8 Å². The maximum atomic E-state index is 11.7. The zero-order valence-electron chi connectivity index (χ0n) is 8.24. The lowest BCUT2D eigenvalue weighted by Crippen LogP contribution is -2.48. The van der Waals surface area contributed by atoms with Crippen LogP contribution in [0, 0.1) is 0 Å². The zero-order chi connectivity index (χ0) is 12.1. The summed E-state index contributed by atoms with van der Waals surface area (Å²) in [5.41, 5.74) is 5.11. The van der Waals surface area contributed by atoms with Gasteiger partial charge < -0.3 is 10.6 Å². The first-order chi connectivity index (χ1) is 7.32. The molecule has 90 valence electrons. The van der Waals surface area contributed by atoms with Crippen LogP contribution in [0.3, 0.4) is 0 Å². The van der Waals surface area contributed by atoms with Crippen LogP contribution in [0.5, 0.6) is 0 Å². The summed E-state index contributed by atoms with van der Waals surface area (Å²) in [4.78, 5) is 23.8. The van der Waals surface area contributed by atoms with Crippen molar-refractivity contribution in [3.63, 3.8) is 0 Å². The molecular formula is C7H11N3O5S. The Hall–Kier alpha value is -1.35. The fourth-order valence-corrected chi connectivity index (χ4v) is 3.07. The fourth-order valence-electron chi connectivity index (χ4n) is 2.22. The lowest BCUT2D eigenvalue weighted by Gasteiger charge is -2.27. The minimum absolute atomic E-state index is 0.103. The topological polar surface area (TPSA) is 121 Å². The van der Waals surface area contributed by atoms with Crippen molar-refractivity contribution in [2.24, 2.45) is 5.73 Å². The molecule has 0 radical (unpaired) electrons. The maximum Gasteiger partial charge on any atom is 0.363 e. The zero-order valence-corrected chi connectivity index (χ0v) is 9.05. The molecule has 2 aliphatic rings. The third-order valence-corrected chi connectivity index (χ3v) is 3.85. The Labute approximate surface area is 91.9 Å². The highest BCUT2D eigenvalue weighted by Crippen LogP contribution is 2.31. The van der Waals surface area contributed by atoms with Crippen LogP contribution in [-0.4, -0.2) is 52.7 Å². The summed E-state index contributed by atoms with van der Waals surface area (Å²) < 4.78 is 31.3. The second-order valence-electron chi connectivity index (χ2n) is 3.86. The summed E-state index contributed by atoms with van der Waals surface area (Å²) in [5.74, 6) is -0.663. The molecule has 16 heavy (non-hydrogen) atoms. The van der Waals surface area contributed by atoms with Crippen LogP contribution in [0.25, 0.3) is 0 Å². The first-order valence-electron chi connectivity index (χ1n) is 4.69. The van der Waals surface area contributed by atoms with Crippen molar-refractivity contribution in [2.45, 2.75) is 24.9 Å². The van der Waals surface area contributed by atoms with Crippen LogP contribution in [0.4, 0.5) is 4.79 Å². The molecule has 2 heterocycles. The van der Waals surface area contributed by atoms with E-state index < -0.39 is 34.3 Å². The van der Waals surface area contributed by atoms with Gasteiger partial charge in [0.25, 0.3) is 0 Å². The van der Waals surface area contributed by atoms with Crippen molar-refractivity contribution < 1.29 is 22.6 Å². The molecule has 8 nitrogen and oxygen atoms in total. The van der Waals surface area contributed by atoms with Crippen molar-refractivity contribution in [1.29, 1.82) is 0 Å². The van der Waals surface area contributed by atoms with Crippen molar-refractivity contribution in [3.8, 4) is 0 Å². The van der Waals surface area contributed by atoms with Gasteiger partial charge in [-0.05, 0) is 12.8 Å². The number of urea groups is 1. The highest BCUT2D eigenvalue weighted by Gasteiger charge is 2.50. The van der Waals surface area contributed by atoms with Gasteiger partial charge in [0.05, 0.1) is 6.04 Å². The molecule has 0 aromatic heterocycles. The third-order valence-electron chi connectivity index (χ3n) is 2.90. The van der Waals surface area contributed by atoms with Gasteiger partial charge in [-0.25, -0.2) is 4.79 Å². The maximum absolute atomic E-state index is 11.7. The summed E-state index contributed by atoms with van der Waals surface area (Å²) in [5, 5.41) is 0. The number of amides is 3. The van der Waals surface area contributed by atoms with Crippen molar-refractivity contribution in [1.82, 2.24) is 9.21 Å². The molecule has 0 aromatic rings. The van der Waals surface area contributed by atoms with Gasteiger partial charge in [-0.15, -0.1) is 0 Å². The highest BCUT2D eigenvalue weighted by atomic mass is 32.2. The van der Waals surface area contributed by atoms with E-state index in [1.54, 1.807) is 0 Å². The van der Waals surface area contributed by atoms with E-state index in [0.29, 0.717) is 17.1 Å². The Kier molecular flexibility index (Phi) is 2.31. The molecule has 3 N–H and O–H groups in total. The number of primary amides is 1. The largest absolute Gasteiger partial charge is 0.368 e. The van der Waals surface area contributed by atoms with E-state index in [1.807, 2.05) is 0 Å². The van der Waals surface area contributed by atoms with Crippen molar-refractivity contribution in [2.75, 3.05) is 6.54 Å². The summed E-state index contributed by atoms with van der Waals surface area (Å²) in [6.45, 7) is 0.103. The van der Waals surface area contributed by atoms with Crippen LogP contribution in [-0.2, 0) is 15.1 Å². The molecule has 2 atom stereocenters. The lowest BCUT2D eigenvalue weighted by molar-refractivity contribution is -0.122. The van der Waals surface area contributed by atoms with E-state index in [4.69, 9.17) is 10.3 Å². The minimum atomic E-state index is -4.57. The normalized spacial score (nSPS) is 29.7. The molecule has 0 unspecified atom stereocenters. The number of fused-ring (bicyclic) bond motifs is 2. The average Bonchev–Trinajstić information content (AvgIpc) is 2.38. The summed E-state index contributed by atoms with van der Waals surface area (Å²) >= 11 is 0. The van der Waals surface area contributed by atoms with E-state index in [-0.39, 0.29) is 6.54 Å². The molecule has 2 bridgehead atoms. The first kappa shape index (κ1) is 11.1. The predicted molar refractivity (Wildman–Crippen MR) is 51.5 cm³/mol. The van der Waals surface area contributed by atoms with Crippen LogP contribution in [0.2, 0.25) is 0 Å². The Morgan fingerprint density at radius 2 is 2.06 bits per heavy atom. The number of carbonyl (C=O) groups is 2. The predicted octanol–water partition coefficient (Wildman–Crippen LogP) is -1.46. The summed E-state index contributed by atoms with van der Waals surface area (Å²) in [7, 11) is -4.57. The standard InChI is InChI=1S/C7H11N3O5S/c8-6(11)5-2-1-4-3-9(5)7(12)10(4)16(13,14)15/h4-5H,1-3H2,(H2,8,11)(H,13,14,15)/t4-,5-/m0/s1. The number of nitrogens with two attached hydrogens (primary N) is 1. The van der Waals surface area contributed by atoms with Gasteiger partial charge in [0.15, 0.2) is 0 Å². The molecule has 0 saturated carbocycles. The number of piperidine rings is 1. The van der Waals surface area contributed by atoms with E-state index in [0.717, 1.165) is 4.90 Å². The SMILES string of the molecule is NC(=O)[C@@H]1CC[C@H]2CN1C(=O)N2S(=O)(=O)O.